The Morgan fingerprint density at radius 3 is 2.00 bits per heavy atom. The van der Waals surface area contributed by atoms with Crippen LogP contribution < -0.4 is 5.73 Å². The number of hydrogen-bond donors (Lipinski definition) is 1. The van der Waals surface area contributed by atoms with Gasteiger partial charge in [0.05, 0.1) is 0 Å². The lowest BCUT2D eigenvalue weighted by Gasteiger charge is -2.22. The Morgan fingerprint density at radius 1 is 1.10 bits per heavy atom. The third-order valence-electron chi connectivity index (χ3n) is 3.20. The van der Waals surface area contributed by atoms with Crippen molar-refractivity contribution in [2.45, 2.75) is 44.1 Å². The van der Waals surface area contributed by atoms with Gasteiger partial charge in [-0.2, -0.15) is 0 Å². The molecule has 0 amide bonds. The average Bonchev–Trinajstić information content (AvgIpc) is 2.22. The molecule has 0 bridgehead atoms. The second-order valence-corrected chi connectivity index (χ2v) is 3.71. The van der Waals surface area contributed by atoms with Crippen molar-refractivity contribution < 1.29 is 0 Å². The summed E-state index contributed by atoms with van der Waals surface area (Å²) >= 11 is 0. The van der Waals surface area contributed by atoms with E-state index in [9.17, 15) is 0 Å². The summed E-state index contributed by atoms with van der Waals surface area (Å²) in [4.78, 5) is 0. The van der Waals surface area contributed by atoms with Gasteiger partial charge in [-0.3, -0.25) is 0 Å². The van der Waals surface area contributed by atoms with Crippen molar-refractivity contribution >= 4 is 12.4 Å². The molecule has 2 rings (SSSR count). The summed E-state index contributed by atoms with van der Waals surface area (Å²) in [7, 11) is 0. The third kappa shape index (κ3) is 1.06. The van der Waals surface area contributed by atoms with Crippen molar-refractivity contribution in [3.8, 4) is 0 Å². The van der Waals surface area contributed by atoms with Crippen LogP contribution >= 0.6 is 12.4 Å². The van der Waals surface area contributed by atoms with Crippen molar-refractivity contribution in [3.05, 3.63) is 0 Å². The Morgan fingerprint density at radius 2 is 1.60 bits per heavy atom. The van der Waals surface area contributed by atoms with E-state index in [4.69, 9.17) is 5.73 Å². The molecule has 0 aromatic carbocycles. The van der Waals surface area contributed by atoms with Crippen LogP contribution in [-0.4, -0.2) is 5.54 Å². The van der Waals surface area contributed by atoms with Gasteiger partial charge in [0, 0.05) is 5.54 Å². The molecule has 2 fully saturated rings. The summed E-state index contributed by atoms with van der Waals surface area (Å²) in [6, 6.07) is 0. The third-order valence-corrected chi connectivity index (χ3v) is 3.20. The van der Waals surface area contributed by atoms with Crippen LogP contribution in [0, 0.1) is 5.92 Å². The number of fused-ring (bicyclic) bond motifs is 1. The van der Waals surface area contributed by atoms with Gasteiger partial charge in [0.25, 0.3) is 0 Å². The maximum Gasteiger partial charge on any atom is 0.0182 e. The van der Waals surface area contributed by atoms with E-state index < -0.39 is 0 Å². The van der Waals surface area contributed by atoms with Gasteiger partial charge < -0.3 is 5.73 Å². The van der Waals surface area contributed by atoms with Gasteiger partial charge in [0.15, 0.2) is 0 Å². The second-order valence-electron chi connectivity index (χ2n) is 3.71. The molecule has 1 nitrogen and oxygen atoms in total. The fourth-order valence-electron chi connectivity index (χ4n) is 2.61. The summed E-state index contributed by atoms with van der Waals surface area (Å²) in [5, 5.41) is 0. The molecule has 2 N–H and O–H groups in total. The lowest BCUT2D eigenvalue weighted by atomic mass is 9.92. The van der Waals surface area contributed by atoms with Gasteiger partial charge in [-0.05, 0) is 31.6 Å². The highest BCUT2D eigenvalue weighted by Gasteiger charge is 2.42. The molecule has 0 radical (unpaired) electrons. The van der Waals surface area contributed by atoms with Crippen LogP contribution in [0.25, 0.3) is 0 Å². The van der Waals surface area contributed by atoms with Gasteiger partial charge in [0.1, 0.15) is 0 Å². The fraction of sp³-hybridized carbons (Fsp3) is 1.00. The first kappa shape index (κ1) is 8.35. The van der Waals surface area contributed by atoms with E-state index >= 15 is 0 Å². The summed E-state index contributed by atoms with van der Waals surface area (Å²) in [6.45, 7) is 0. The van der Waals surface area contributed by atoms with Crippen LogP contribution in [0.3, 0.4) is 0 Å². The Bertz CT molecular complexity index is 114. The zero-order chi connectivity index (χ0) is 6.32. The monoisotopic (exact) mass is 161 g/mol. The SMILES string of the molecule is Cl.NC12CCCC1CCC2. The molecule has 0 heterocycles. The van der Waals surface area contributed by atoms with E-state index in [2.05, 4.69) is 0 Å². The molecule has 0 aromatic rings. The van der Waals surface area contributed by atoms with Crippen molar-refractivity contribution in [1.29, 1.82) is 0 Å². The van der Waals surface area contributed by atoms with Crippen LogP contribution in [0.1, 0.15) is 38.5 Å². The van der Waals surface area contributed by atoms with Crippen molar-refractivity contribution in [3.63, 3.8) is 0 Å². The minimum Gasteiger partial charge on any atom is -0.325 e. The predicted octanol–water partition coefficient (Wildman–Crippen LogP) is 2.09. The molecule has 0 saturated heterocycles. The number of nitrogens with two attached hydrogens (primary N) is 1. The van der Waals surface area contributed by atoms with E-state index in [-0.39, 0.29) is 12.4 Å². The smallest absolute Gasteiger partial charge is 0.0182 e. The molecule has 2 aliphatic rings. The van der Waals surface area contributed by atoms with Crippen molar-refractivity contribution in [2.24, 2.45) is 11.7 Å². The van der Waals surface area contributed by atoms with E-state index in [0.29, 0.717) is 5.54 Å². The first-order valence-electron chi connectivity index (χ1n) is 4.10. The molecule has 2 heteroatoms. The van der Waals surface area contributed by atoms with Crippen LogP contribution in [0.15, 0.2) is 0 Å². The van der Waals surface area contributed by atoms with E-state index in [1.54, 1.807) is 0 Å². The summed E-state index contributed by atoms with van der Waals surface area (Å²) in [6.07, 6.45) is 8.21. The van der Waals surface area contributed by atoms with Gasteiger partial charge in [-0.15, -0.1) is 12.4 Å². The Balaban J connectivity index is 0.000000500. The number of rotatable bonds is 0. The highest BCUT2D eigenvalue weighted by Crippen LogP contribution is 2.45. The van der Waals surface area contributed by atoms with Crippen LogP contribution in [0.4, 0.5) is 0 Å². The second kappa shape index (κ2) is 2.71. The van der Waals surface area contributed by atoms with Crippen LogP contribution in [0.2, 0.25) is 0 Å². The molecule has 2 aliphatic carbocycles. The molecule has 0 unspecified atom stereocenters. The first-order valence-corrected chi connectivity index (χ1v) is 4.10. The lowest BCUT2D eigenvalue weighted by molar-refractivity contribution is 0.371. The Hall–Kier alpha value is 0.250. The normalized spacial score (nSPS) is 44.7. The highest BCUT2D eigenvalue weighted by molar-refractivity contribution is 5.85. The lowest BCUT2D eigenvalue weighted by Crippen LogP contribution is -2.38. The largest absolute Gasteiger partial charge is 0.325 e. The van der Waals surface area contributed by atoms with Gasteiger partial charge in [0.2, 0.25) is 0 Å². The standard InChI is InChI=1S/C8H15N.ClH/c9-8-5-1-3-7(8)4-2-6-8;/h7H,1-6,9H2;1H. The molecule has 0 aliphatic heterocycles. The molecule has 0 atom stereocenters. The minimum atomic E-state index is 0. The number of halogens is 1. The molecular weight excluding hydrogens is 146 g/mol. The number of hydrogen-bond acceptors (Lipinski definition) is 1. The van der Waals surface area contributed by atoms with E-state index in [0.717, 1.165) is 5.92 Å². The molecule has 0 spiro atoms. The zero-order valence-electron chi connectivity index (χ0n) is 6.31. The van der Waals surface area contributed by atoms with Gasteiger partial charge in [-0.25, -0.2) is 0 Å². The van der Waals surface area contributed by atoms with Gasteiger partial charge in [-0.1, -0.05) is 12.8 Å². The van der Waals surface area contributed by atoms with E-state index in [1.807, 2.05) is 0 Å². The first-order chi connectivity index (χ1) is 4.31. The fourth-order valence-corrected chi connectivity index (χ4v) is 2.61. The van der Waals surface area contributed by atoms with Crippen molar-refractivity contribution in [2.75, 3.05) is 0 Å². The average molecular weight is 162 g/mol. The maximum absolute atomic E-state index is 6.16. The Labute approximate surface area is 68.8 Å². The molecular formula is C8H16ClN. The Kier molecular flexibility index (Phi) is 2.26. The quantitative estimate of drug-likeness (QED) is 0.579. The van der Waals surface area contributed by atoms with Gasteiger partial charge >= 0.3 is 0 Å². The summed E-state index contributed by atoms with van der Waals surface area (Å²) < 4.78 is 0. The summed E-state index contributed by atoms with van der Waals surface area (Å²) in [5.74, 6) is 0.900. The van der Waals surface area contributed by atoms with Crippen LogP contribution in [0.5, 0.6) is 0 Å². The molecule has 0 aromatic heterocycles. The molecule has 2 saturated carbocycles. The van der Waals surface area contributed by atoms with E-state index in [1.165, 1.54) is 38.5 Å². The summed E-state index contributed by atoms with van der Waals surface area (Å²) in [5.41, 5.74) is 6.47. The predicted molar refractivity (Wildman–Crippen MR) is 45.4 cm³/mol. The topological polar surface area (TPSA) is 26.0 Å². The van der Waals surface area contributed by atoms with Crippen molar-refractivity contribution in [1.82, 2.24) is 0 Å². The minimum absolute atomic E-state index is 0. The maximum atomic E-state index is 6.16. The molecule has 60 valence electrons. The highest BCUT2D eigenvalue weighted by atomic mass is 35.5. The molecule has 10 heavy (non-hydrogen) atoms. The van der Waals surface area contributed by atoms with Crippen LogP contribution in [-0.2, 0) is 0 Å². The zero-order valence-corrected chi connectivity index (χ0v) is 7.12.